The van der Waals surface area contributed by atoms with Crippen molar-refractivity contribution in [3.05, 3.63) is 54.9 Å². The van der Waals surface area contributed by atoms with E-state index in [0.29, 0.717) is 18.1 Å². The summed E-state index contributed by atoms with van der Waals surface area (Å²) in [5, 5.41) is 16.6. The van der Waals surface area contributed by atoms with Crippen LogP contribution in [-0.2, 0) is 23.7 Å². The third kappa shape index (κ3) is 6.25. The minimum absolute atomic E-state index is 0.178. The van der Waals surface area contributed by atoms with Crippen molar-refractivity contribution in [1.29, 1.82) is 0 Å². The number of phenolic OH excluding ortho intramolecular Hbond substituents is 1. The number of nitrogens with one attached hydrogen (secondary N) is 1. The zero-order valence-electron chi connectivity index (χ0n) is 21.2. The topological polar surface area (TPSA) is 126 Å². The monoisotopic (exact) mass is 512 g/mol. The van der Waals surface area contributed by atoms with Crippen LogP contribution in [0.1, 0.15) is 20.3 Å². The molecule has 2 aromatic carbocycles. The lowest BCUT2D eigenvalue weighted by molar-refractivity contribution is -0.292. The van der Waals surface area contributed by atoms with Gasteiger partial charge < -0.3 is 28.8 Å². The number of methoxy groups -OCH3 is 2. The Kier molecular flexibility index (Phi) is 8.72. The summed E-state index contributed by atoms with van der Waals surface area (Å²) in [5.74, 6) is 0.692. The van der Waals surface area contributed by atoms with Crippen molar-refractivity contribution in [3.8, 4) is 22.8 Å². The molecule has 37 heavy (non-hydrogen) atoms. The summed E-state index contributed by atoms with van der Waals surface area (Å²) in [6, 6.07) is 13.7. The number of rotatable bonds is 9. The molecule has 2 heterocycles. The van der Waals surface area contributed by atoms with Gasteiger partial charge in [-0.2, -0.15) is 0 Å². The molecule has 4 rings (SSSR count). The molecule has 0 spiro atoms. The number of aromatic hydroxyl groups is 1. The SMILES string of the molecule is CCCO[C@@H]1[C@@H](OC)[C@H](C)O[C@@H](OC(=O)Nc2ccc(-c3ncn(-c4ccc(O)cc4)n3)cc2)[C@@H]1OC. The average molecular weight is 513 g/mol. The van der Waals surface area contributed by atoms with Crippen LogP contribution < -0.4 is 5.32 Å². The molecule has 1 amide bonds. The van der Waals surface area contributed by atoms with Crippen molar-refractivity contribution in [1.82, 2.24) is 14.8 Å². The molecule has 0 aliphatic carbocycles. The molecule has 0 bridgehead atoms. The Labute approximate surface area is 215 Å². The molecule has 3 aromatic rings. The van der Waals surface area contributed by atoms with Crippen LogP contribution in [0.25, 0.3) is 17.1 Å². The van der Waals surface area contributed by atoms with Crippen LogP contribution in [0.3, 0.4) is 0 Å². The number of ether oxygens (including phenoxy) is 5. The van der Waals surface area contributed by atoms with E-state index in [0.717, 1.165) is 17.7 Å². The maximum atomic E-state index is 12.7. The summed E-state index contributed by atoms with van der Waals surface area (Å²) in [4.78, 5) is 17.0. The van der Waals surface area contributed by atoms with Crippen LogP contribution >= 0.6 is 0 Å². The Hall–Kier alpha value is -3.51. The van der Waals surface area contributed by atoms with Gasteiger partial charge >= 0.3 is 6.09 Å². The second kappa shape index (κ2) is 12.2. The number of hydrogen-bond donors (Lipinski definition) is 2. The van der Waals surface area contributed by atoms with Crippen molar-refractivity contribution < 1.29 is 33.6 Å². The molecule has 11 nitrogen and oxygen atoms in total. The number of benzene rings is 2. The van der Waals surface area contributed by atoms with Crippen molar-refractivity contribution >= 4 is 11.8 Å². The first kappa shape index (κ1) is 26.6. The molecule has 1 fully saturated rings. The van der Waals surface area contributed by atoms with Crippen molar-refractivity contribution in [2.75, 3.05) is 26.1 Å². The van der Waals surface area contributed by atoms with Crippen molar-refractivity contribution in [3.63, 3.8) is 0 Å². The largest absolute Gasteiger partial charge is 0.508 e. The van der Waals surface area contributed by atoms with Crippen LogP contribution in [-0.4, -0.2) is 77.5 Å². The van der Waals surface area contributed by atoms with E-state index in [1.165, 1.54) is 7.11 Å². The summed E-state index contributed by atoms with van der Waals surface area (Å²) >= 11 is 0. The van der Waals surface area contributed by atoms with Crippen LogP contribution in [0.2, 0.25) is 0 Å². The predicted octanol–water partition coefficient (Wildman–Crippen LogP) is 3.76. The first-order chi connectivity index (χ1) is 17.9. The molecular weight excluding hydrogens is 480 g/mol. The minimum Gasteiger partial charge on any atom is -0.508 e. The molecule has 1 aromatic heterocycles. The normalized spacial score (nSPS) is 23.5. The van der Waals surface area contributed by atoms with Crippen LogP contribution in [0.4, 0.5) is 10.5 Å². The number of carbonyl (C=O) groups is 1. The number of amides is 1. The molecule has 1 aliphatic heterocycles. The van der Waals surface area contributed by atoms with Gasteiger partial charge in [0.1, 0.15) is 30.4 Å². The van der Waals surface area contributed by atoms with E-state index < -0.39 is 24.6 Å². The summed E-state index contributed by atoms with van der Waals surface area (Å²) in [6.07, 6.45) is -1.09. The second-order valence-corrected chi connectivity index (χ2v) is 8.58. The fourth-order valence-corrected chi connectivity index (χ4v) is 4.17. The number of anilines is 1. The van der Waals surface area contributed by atoms with E-state index in [4.69, 9.17) is 23.7 Å². The maximum absolute atomic E-state index is 12.7. The average Bonchev–Trinajstić information content (AvgIpc) is 3.38. The standard InChI is InChI=1S/C26H32N4O7/c1-5-14-35-22-21(33-3)16(2)36-25(23(22)34-4)37-26(32)28-18-8-6-17(7-9-18)24-27-15-30(29-24)19-10-12-20(31)13-11-19/h6-13,15-16,21-23,25,31H,5,14H2,1-4H3,(H,28,32)/t16-,21-,22+,23+,25-/m0/s1. The van der Waals surface area contributed by atoms with Gasteiger partial charge in [0, 0.05) is 32.1 Å². The van der Waals surface area contributed by atoms with Gasteiger partial charge in [-0.1, -0.05) is 6.92 Å². The van der Waals surface area contributed by atoms with Crippen molar-refractivity contribution in [2.45, 2.75) is 51.0 Å². The van der Waals surface area contributed by atoms with Crippen LogP contribution in [0.5, 0.6) is 5.75 Å². The lowest BCUT2D eigenvalue weighted by Crippen LogP contribution is -2.60. The third-order valence-corrected chi connectivity index (χ3v) is 6.00. The Morgan fingerprint density at radius 2 is 1.76 bits per heavy atom. The summed E-state index contributed by atoms with van der Waals surface area (Å²) in [5.41, 5.74) is 2.06. The number of hydrogen-bond acceptors (Lipinski definition) is 9. The number of aromatic nitrogens is 3. The number of carbonyl (C=O) groups excluding carboxylic acids is 1. The fourth-order valence-electron chi connectivity index (χ4n) is 4.17. The predicted molar refractivity (Wildman–Crippen MR) is 135 cm³/mol. The smallest absolute Gasteiger partial charge is 0.414 e. The lowest BCUT2D eigenvalue weighted by Gasteiger charge is -2.43. The Balaban J connectivity index is 1.39. The van der Waals surface area contributed by atoms with Gasteiger partial charge in [0.25, 0.3) is 0 Å². The van der Waals surface area contributed by atoms with Gasteiger partial charge in [0.15, 0.2) is 5.82 Å². The molecule has 2 N–H and O–H groups in total. The van der Waals surface area contributed by atoms with Crippen molar-refractivity contribution in [2.24, 2.45) is 0 Å². The fraction of sp³-hybridized carbons (Fsp3) is 0.423. The highest BCUT2D eigenvalue weighted by Crippen LogP contribution is 2.28. The summed E-state index contributed by atoms with van der Waals surface area (Å²) in [6.45, 7) is 4.37. The summed E-state index contributed by atoms with van der Waals surface area (Å²) in [7, 11) is 3.10. The molecular formula is C26H32N4O7. The van der Waals surface area contributed by atoms with E-state index >= 15 is 0 Å². The second-order valence-electron chi connectivity index (χ2n) is 8.58. The quantitative estimate of drug-likeness (QED) is 0.441. The Morgan fingerprint density at radius 3 is 2.41 bits per heavy atom. The lowest BCUT2D eigenvalue weighted by atomic mass is 9.99. The maximum Gasteiger partial charge on any atom is 0.414 e. The Morgan fingerprint density at radius 1 is 1.05 bits per heavy atom. The van der Waals surface area contributed by atoms with E-state index in [2.05, 4.69) is 15.4 Å². The minimum atomic E-state index is -0.972. The van der Waals surface area contributed by atoms with E-state index in [9.17, 15) is 9.90 Å². The highest BCUT2D eigenvalue weighted by molar-refractivity contribution is 5.85. The molecule has 0 saturated carbocycles. The van der Waals surface area contributed by atoms with Crippen LogP contribution in [0.15, 0.2) is 54.9 Å². The first-order valence-corrected chi connectivity index (χ1v) is 12.0. The third-order valence-electron chi connectivity index (χ3n) is 6.00. The van der Waals surface area contributed by atoms with Gasteiger partial charge in [0.05, 0.1) is 11.8 Å². The molecule has 1 aliphatic rings. The van der Waals surface area contributed by atoms with Gasteiger partial charge in [0.2, 0.25) is 6.29 Å². The highest BCUT2D eigenvalue weighted by atomic mass is 16.7. The van der Waals surface area contributed by atoms with Gasteiger partial charge in [-0.05, 0) is 61.9 Å². The van der Waals surface area contributed by atoms with E-state index in [1.807, 2.05) is 13.8 Å². The molecule has 5 atom stereocenters. The molecule has 11 heteroatoms. The number of nitrogens with zero attached hydrogens (tertiary/aromatic N) is 3. The highest BCUT2D eigenvalue weighted by Gasteiger charge is 2.47. The molecule has 1 saturated heterocycles. The van der Waals surface area contributed by atoms with Crippen LogP contribution in [0, 0.1) is 0 Å². The van der Waals surface area contributed by atoms with E-state index in [1.54, 1.807) is 66.6 Å². The van der Waals surface area contributed by atoms with Gasteiger partial charge in [-0.3, -0.25) is 5.32 Å². The zero-order chi connectivity index (χ0) is 26.4. The van der Waals surface area contributed by atoms with Gasteiger partial charge in [-0.15, -0.1) is 5.10 Å². The molecule has 0 unspecified atom stereocenters. The molecule has 198 valence electrons. The zero-order valence-corrected chi connectivity index (χ0v) is 21.2. The summed E-state index contributed by atoms with van der Waals surface area (Å²) < 4.78 is 30.2. The number of phenols is 1. The molecule has 0 radical (unpaired) electrons. The Bertz CT molecular complexity index is 1150. The van der Waals surface area contributed by atoms with E-state index in [-0.39, 0.29) is 18.0 Å². The first-order valence-electron chi connectivity index (χ1n) is 12.0. The van der Waals surface area contributed by atoms with Gasteiger partial charge in [-0.25, -0.2) is 14.5 Å².